The maximum Gasteiger partial charge on any atom is 0.406 e. The fourth-order valence-electron chi connectivity index (χ4n) is 1.66. The molecule has 78 valence electrons. The van der Waals surface area contributed by atoms with E-state index in [1.165, 1.54) is 6.92 Å². The van der Waals surface area contributed by atoms with Gasteiger partial charge in [-0.1, -0.05) is 6.92 Å². The average molecular weight is 197 g/mol. The Morgan fingerprint density at radius 3 is 2.38 bits per heavy atom. The minimum atomic E-state index is -4.33. The number of rotatable bonds is 2. The van der Waals surface area contributed by atoms with Crippen LogP contribution in [0.15, 0.2) is 0 Å². The van der Waals surface area contributed by atoms with E-state index in [4.69, 9.17) is 10.5 Å². The van der Waals surface area contributed by atoms with Gasteiger partial charge in [0.2, 0.25) is 0 Å². The van der Waals surface area contributed by atoms with Gasteiger partial charge in [0.15, 0.2) is 0 Å². The molecule has 2 atom stereocenters. The summed E-state index contributed by atoms with van der Waals surface area (Å²) in [5.41, 5.74) is 3.31. The van der Waals surface area contributed by atoms with Crippen LogP contribution in [0.25, 0.3) is 0 Å². The zero-order chi connectivity index (χ0) is 10.1. The van der Waals surface area contributed by atoms with E-state index >= 15 is 0 Å². The molecule has 1 heterocycles. The molecule has 1 aliphatic rings. The quantitative estimate of drug-likeness (QED) is 0.731. The predicted molar refractivity (Wildman–Crippen MR) is 42.2 cm³/mol. The van der Waals surface area contributed by atoms with E-state index in [-0.39, 0.29) is 13.0 Å². The van der Waals surface area contributed by atoms with Crippen molar-refractivity contribution >= 4 is 0 Å². The van der Waals surface area contributed by atoms with Gasteiger partial charge in [-0.2, -0.15) is 13.2 Å². The zero-order valence-corrected chi connectivity index (χ0v) is 7.53. The van der Waals surface area contributed by atoms with Crippen LogP contribution >= 0.6 is 0 Å². The summed E-state index contributed by atoms with van der Waals surface area (Å²) in [7, 11) is 0. The largest absolute Gasteiger partial charge is 0.406 e. The minimum absolute atomic E-state index is 0.0927. The van der Waals surface area contributed by atoms with E-state index in [1.54, 1.807) is 0 Å². The van der Waals surface area contributed by atoms with Crippen molar-refractivity contribution < 1.29 is 17.9 Å². The number of nitrogens with two attached hydrogens (primary N) is 1. The Balaban J connectivity index is 2.79. The van der Waals surface area contributed by atoms with E-state index < -0.39 is 17.6 Å². The van der Waals surface area contributed by atoms with E-state index in [2.05, 4.69) is 0 Å². The molecule has 0 aromatic rings. The van der Waals surface area contributed by atoms with Crippen molar-refractivity contribution in [3.05, 3.63) is 0 Å². The van der Waals surface area contributed by atoms with Gasteiger partial charge in [0.25, 0.3) is 0 Å². The molecule has 1 rings (SSSR count). The highest BCUT2D eigenvalue weighted by molar-refractivity contribution is 4.98. The van der Waals surface area contributed by atoms with Gasteiger partial charge in [-0.25, -0.2) is 0 Å². The Bertz CT molecular complexity index is 177. The van der Waals surface area contributed by atoms with Crippen LogP contribution in [0, 0.1) is 5.92 Å². The molecule has 0 aliphatic carbocycles. The van der Waals surface area contributed by atoms with Crippen LogP contribution in [-0.4, -0.2) is 24.9 Å². The lowest BCUT2D eigenvalue weighted by molar-refractivity contribution is -0.202. The third-order valence-electron chi connectivity index (χ3n) is 2.77. The number of hydrogen-bond donors (Lipinski definition) is 1. The Labute approximate surface area is 75.2 Å². The van der Waals surface area contributed by atoms with Gasteiger partial charge in [0.05, 0.1) is 6.61 Å². The van der Waals surface area contributed by atoms with Crippen LogP contribution in [-0.2, 0) is 4.74 Å². The minimum Gasteiger partial charge on any atom is -0.381 e. The standard InChI is InChI=1S/C8H14F3NO/c1-2-7(12,8(9,10)11)6-3-4-13-5-6/h6H,2-5,12H2,1H3. The predicted octanol–water partition coefficient (Wildman–Crippen LogP) is 1.69. The van der Waals surface area contributed by atoms with E-state index in [0.29, 0.717) is 13.0 Å². The number of hydrogen-bond acceptors (Lipinski definition) is 2. The van der Waals surface area contributed by atoms with Gasteiger partial charge < -0.3 is 10.5 Å². The monoisotopic (exact) mass is 197 g/mol. The molecular weight excluding hydrogens is 183 g/mol. The van der Waals surface area contributed by atoms with Crippen molar-refractivity contribution in [1.29, 1.82) is 0 Å². The summed E-state index contributed by atoms with van der Waals surface area (Å²) in [6.07, 6.45) is -4.02. The topological polar surface area (TPSA) is 35.2 Å². The van der Waals surface area contributed by atoms with Crippen LogP contribution < -0.4 is 5.73 Å². The molecule has 0 spiro atoms. The number of alkyl halides is 3. The lowest BCUT2D eigenvalue weighted by Gasteiger charge is -2.35. The average Bonchev–Trinajstić information content (AvgIpc) is 2.52. The molecule has 2 N–H and O–H groups in total. The first-order chi connectivity index (χ1) is 5.92. The van der Waals surface area contributed by atoms with E-state index in [0.717, 1.165) is 0 Å². The molecule has 1 saturated heterocycles. The number of ether oxygens (including phenoxy) is 1. The Morgan fingerprint density at radius 1 is 1.46 bits per heavy atom. The summed E-state index contributed by atoms with van der Waals surface area (Å²) in [5, 5.41) is 0. The summed E-state index contributed by atoms with van der Waals surface area (Å²) < 4.78 is 42.6. The van der Waals surface area contributed by atoms with Gasteiger partial charge >= 0.3 is 6.18 Å². The van der Waals surface area contributed by atoms with Gasteiger partial charge in [0.1, 0.15) is 5.54 Å². The van der Waals surface area contributed by atoms with Crippen LogP contribution in [0.4, 0.5) is 13.2 Å². The third-order valence-corrected chi connectivity index (χ3v) is 2.77. The Kier molecular flexibility index (Phi) is 2.87. The molecule has 13 heavy (non-hydrogen) atoms. The SMILES string of the molecule is CCC(N)(C1CCOC1)C(F)(F)F. The molecule has 2 unspecified atom stereocenters. The van der Waals surface area contributed by atoms with Crippen molar-refractivity contribution in [2.24, 2.45) is 11.7 Å². The van der Waals surface area contributed by atoms with Gasteiger partial charge in [-0.05, 0) is 12.8 Å². The second-order valence-electron chi connectivity index (χ2n) is 3.45. The van der Waals surface area contributed by atoms with Gasteiger partial charge in [-0.15, -0.1) is 0 Å². The molecule has 0 saturated carbocycles. The molecule has 0 amide bonds. The molecule has 2 nitrogen and oxygen atoms in total. The van der Waals surface area contributed by atoms with Crippen molar-refractivity contribution in [3.8, 4) is 0 Å². The molecule has 1 aliphatic heterocycles. The third kappa shape index (κ3) is 1.81. The smallest absolute Gasteiger partial charge is 0.381 e. The summed E-state index contributed by atoms with van der Waals surface area (Å²) in [4.78, 5) is 0. The van der Waals surface area contributed by atoms with Gasteiger partial charge in [0, 0.05) is 12.5 Å². The van der Waals surface area contributed by atoms with Crippen molar-refractivity contribution in [3.63, 3.8) is 0 Å². The summed E-state index contributed by atoms with van der Waals surface area (Å²) in [6, 6.07) is 0. The highest BCUT2D eigenvalue weighted by Gasteiger charge is 2.55. The first-order valence-electron chi connectivity index (χ1n) is 4.35. The normalized spacial score (nSPS) is 28.8. The van der Waals surface area contributed by atoms with Crippen molar-refractivity contribution in [2.75, 3.05) is 13.2 Å². The van der Waals surface area contributed by atoms with E-state index in [1.807, 2.05) is 0 Å². The fraction of sp³-hybridized carbons (Fsp3) is 1.00. The number of halogens is 3. The highest BCUT2D eigenvalue weighted by Crippen LogP contribution is 2.39. The summed E-state index contributed by atoms with van der Waals surface area (Å²) in [5.74, 6) is -0.586. The lowest BCUT2D eigenvalue weighted by Crippen LogP contribution is -2.58. The molecule has 0 bridgehead atoms. The first-order valence-corrected chi connectivity index (χ1v) is 4.35. The maximum atomic E-state index is 12.6. The molecule has 0 aromatic heterocycles. The van der Waals surface area contributed by atoms with Crippen LogP contribution in [0.5, 0.6) is 0 Å². The highest BCUT2D eigenvalue weighted by atomic mass is 19.4. The molecule has 1 fully saturated rings. The van der Waals surface area contributed by atoms with Gasteiger partial charge in [-0.3, -0.25) is 0 Å². The lowest BCUT2D eigenvalue weighted by atomic mass is 9.81. The Hall–Kier alpha value is -0.290. The molecular formula is C8H14F3NO. The second-order valence-corrected chi connectivity index (χ2v) is 3.45. The maximum absolute atomic E-state index is 12.6. The fourth-order valence-corrected chi connectivity index (χ4v) is 1.66. The first kappa shape index (κ1) is 10.8. The Morgan fingerprint density at radius 2 is 2.08 bits per heavy atom. The molecule has 5 heteroatoms. The second kappa shape index (κ2) is 3.46. The van der Waals surface area contributed by atoms with E-state index in [9.17, 15) is 13.2 Å². The summed E-state index contributed by atoms with van der Waals surface area (Å²) >= 11 is 0. The van der Waals surface area contributed by atoms with Crippen molar-refractivity contribution in [2.45, 2.75) is 31.5 Å². The van der Waals surface area contributed by atoms with Crippen molar-refractivity contribution in [1.82, 2.24) is 0 Å². The molecule has 0 aromatic carbocycles. The van der Waals surface area contributed by atoms with Crippen LogP contribution in [0.3, 0.4) is 0 Å². The van der Waals surface area contributed by atoms with Crippen LogP contribution in [0.2, 0.25) is 0 Å². The summed E-state index contributed by atoms with van der Waals surface area (Å²) in [6.45, 7) is 1.98. The zero-order valence-electron chi connectivity index (χ0n) is 7.53. The van der Waals surface area contributed by atoms with Crippen LogP contribution in [0.1, 0.15) is 19.8 Å². The molecule has 0 radical (unpaired) electrons.